The van der Waals surface area contributed by atoms with Crippen LogP contribution >= 0.6 is 0 Å². The molecule has 0 aromatic heterocycles. The predicted molar refractivity (Wildman–Crippen MR) is 76.5 cm³/mol. The number of amides is 3. The molecule has 2 heterocycles. The zero-order chi connectivity index (χ0) is 15.0. The Morgan fingerprint density at radius 2 is 1.86 bits per heavy atom. The van der Waals surface area contributed by atoms with Gasteiger partial charge in [0.25, 0.3) is 5.91 Å². The maximum absolute atomic E-state index is 12.2. The first-order chi connectivity index (χ1) is 10.1. The van der Waals surface area contributed by atoms with Crippen LogP contribution in [0.1, 0.15) is 24.4 Å². The Morgan fingerprint density at radius 3 is 2.57 bits per heavy atom. The molecule has 0 saturated carbocycles. The van der Waals surface area contributed by atoms with E-state index in [1.807, 2.05) is 18.2 Å². The fraction of sp³-hybridized carbons (Fsp3) is 0.400. The van der Waals surface area contributed by atoms with Gasteiger partial charge < -0.3 is 15.1 Å². The largest absolute Gasteiger partial charge is 0.334 e. The lowest BCUT2D eigenvalue weighted by Crippen LogP contribution is -2.45. The Bertz CT molecular complexity index is 608. The van der Waals surface area contributed by atoms with E-state index >= 15 is 0 Å². The van der Waals surface area contributed by atoms with E-state index in [9.17, 15) is 14.4 Å². The van der Waals surface area contributed by atoms with Crippen LogP contribution in [-0.2, 0) is 14.4 Å². The Labute approximate surface area is 122 Å². The fourth-order valence-electron chi connectivity index (χ4n) is 2.88. The van der Waals surface area contributed by atoms with Crippen LogP contribution in [0.5, 0.6) is 0 Å². The smallest absolute Gasteiger partial charge is 0.311 e. The van der Waals surface area contributed by atoms with Crippen LogP contribution in [0.2, 0.25) is 0 Å². The number of fused-ring (bicyclic) bond motifs is 1. The molecule has 0 radical (unpaired) electrons. The highest BCUT2D eigenvalue weighted by Crippen LogP contribution is 2.34. The normalized spacial score (nSPS) is 20.6. The molecule has 21 heavy (non-hydrogen) atoms. The third-order valence-corrected chi connectivity index (χ3v) is 4.05. The summed E-state index contributed by atoms with van der Waals surface area (Å²) in [6, 6.07) is 6.49. The van der Waals surface area contributed by atoms with Crippen molar-refractivity contribution >= 4 is 23.4 Å². The van der Waals surface area contributed by atoms with E-state index in [1.54, 1.807) is 13.1 Å². The molecule has 1 fully saturated rings. The molecular weight excluding hydrogens is 270 g/mol. The van der Waals surface area contributed by atoms with Gasteiger partial charge in [0.2, 0.25) is 0 Å². The molecule has 3 amide bonds. The maximum Gasteiger partial charge on any atom is 0.311 e. The van der Waals surface area contributed by atoms with Crippen molar-refractivity contribution in [2.45, 2.75) is 18.9 Å². The average molecular weight is 287 g/mol. The topological polar surface area (TPSA) is 69.7 Å². The molecule has 2 aliphatic rings. The van der Waals surface area contributed by atoms with Crippen LogP contribution in [0.15, 0.2) is 24.3 Å². The molecule has 1 aromatic carbocycles. The summed E-state index contributed by atoms with van der Waals surface area (Å²) in [5.41, 5.74) is 1.49. The first-order valence-corrected chi connectivity index (χ1v) is 7.06. The molecule has 3 rings (SSSR count). The SMILES string of the molecule is CN1C(=O)[C@H](NC(=O)C(=O)N2CCCC2)c2ccccc21. The number of hydrogen-bond donors (Lipinski definition) is 1. The van der Waals surface area contributed by atoms with Crippen molar-refractivity contribution < 1.29 is 14.4 Å². The van der Waals surface area contributed by atoms with Crippen LogP contribution in [0, 0.1) is 0 Å². The number of likely N-dealkylation sites (N-methyl/N-ethyl adjacent to an activating group) is 1. The lowest BCUT2D eigenvalue weighted by molar-refractivity contribution is -0.146. The molecule has 6 nitrogen and oxygen atoms in total. The van der Waals surface area contributed by atoms with Gasteiger partial charge in [0.05, 0.1) is 0 Å². The van der Waals surface area contributed by atoms with E-state index in [4.69, 9.17) is 0 Å². The summed E-state index contributed by atoms with van der Waals surface area (Å²) < 4.78 is 0. The first kappa shape index (κ1) is 13.6. The van der Waals surface area contributed by atoms with Gasteiger partial charge >= 0.3 is 11.8 Å². The Kier molecular flexibility index (Phi) is 3.37. The van der Waals surface area contributed by atoms with Gasteiger partial charge in [-0.1, -0.05) is 18.2 Å². The predicted octanol–water partition coefficient (Wildman–Crippen LogP) is 0.443. The molecule has 1 saturated heterocycles. The molecule has 0 spiro atoms. The molecule has 1 aromatic rings. The summed E-state index contributed by atoms with van der Waals surface area (Å²) >= 11 is 0. The van der Waals surface area contributed by atoms with Crippen LogP contribution in [0.25, 0.3) is 0 Å². The summed E-state index contributed by atoms with van der Waals surface area (Å²) in [7, 11) is 1.66. The number of likely N-dealkylation sites (tertiary alicyclic amines) is 1. The highest BCUT2D eigenvalue weighted by Gasteiger charge is 2.37. The van der Waals surface area contributed by atoms with Gasteiger partial charge in [0.1, 0.15) is 6.04 Å². The minimum atomic E-state index is -0.773. The molecule has 110 valence electrons. The first-order valence-electron chi connectivity index (χ1n) is 7.06. The zero-order valence-electron chi connectivity index (χ0n) is 11.8. The zero-order valence-corrected chi connectivity index (χ0v) is 11.8. The number of carbonyl (C=O) groups excluding carboxylic acids is 3. The maximum atomic E-state index is 12.2. The Hall–Kier alpha value is -2.37. The van der Waals surface area contributed by atoms with Crippen molar-refractivity contribution in [2.24, 2.45) is 0 Å². The summed E-state index contributed by atoms with van der Waals surface area (Å²) in [5, 5.41) is 2.57. The van der Waals surface area contributed by atoms with Crippen molar-refractivity contribution in [3.63, 3.8) is 0 Å². The molecular formula is C15H17N3O3. The van der Waals surface area contributed by atoms with Gasteiger partial charge in [0, 0.05) is 31.4 Å². The summed E-state index contributed by atoms with van der Waals surface area (Å²) in [6.07, 6.45) is 1.85. The Morgan fingerprint density at radius 1 is 1.19 bits per heavy atom. The van der Waals surface area contributed by atoms with Crippen molar-refractivity contribution in [3.05, 3.63) is 29.8 Å². The van der Waals surface area contributed by atoms with E-state index in [-0.39, 0.29) is 5.91 Å². The number of rotatable bonds is 1. The van der Waals surface area contributed by atoms with Crippen molar-refractivity contribution in [1.82, 2.24) is 10.2 Å². The number of anilines is 1. The quantitative estimate of drug-likeness (QED) is 0.762. The molecule has 0 unspecified atom stereocenters. The summed E-state index contributed by atoms with van der Waals surface area (Å²) in [4.78, 5) is 39.4. The van der Waals surface area contributed by atoms with Gasteiger partial charge in [-0.15, -0.1) is 0 Å². The minimum Gasteiger partial charge on any atom is -0.334 e. The fourth-order valence-corrected chi connectivity index (χ4v) is 2.88. The lowest BCUT2D eigenvalue weighted by Gasteiger charge is -2.17. The average Bonchev–Trinajstić information content (AvgIpc) is 3.11. The number of nitrogens with one attached hydrogen (secondary N) is 1. The van der Waals surface area contributed by atoms with E-state index < -0.39 is 17.9 Å². The number of carbonyl (C=O) groups is 3. The second-order valence-corrected chi connectivity index (χ2v) is 5.36. The van der Waals surface area contributed by atoms with Crippen molar-refractivity contribution in [3.8, 4) is 0 Å². The van der Waals surface area contributed by atoms with Crippen LogP contribution < -0.4 is 10.2 Å². The number of hydrogen-bond acceptors (Lipinski definition) is 3. The number of para-hydroxylation sites is 1. The van der Waals surface area contributed by atoms with E-state index in [0.717, 1.165) is 24.1 Å². The van der Waals surface area contributed by atoms with Crippen LogP contribution in [0.3, 0.4) is 0 Å². The molecule has 2 aliphatic heterocycles. The second kappa shape index (κ2) is 5.20. The lowest BCUT2D eigenvalue weighted by atomic mass is 10.1. The summed E-state index contributed by atoms with van der Waals surface area (Å²) in [5.74, 6) is -1.48. The molecule has 1 N–H and O–H groups in total. The van der Waals surface area contributed by atoms with Crippen molar-refractivity contribution in [1.29, 1.82) is 0 Å². The highest BCUT2D eigenvalue weighted by atomic mass is 16.2. The number of benzene rings is 1. The van der Waals surface area contributed by atoms with Crippen molar-refractivity contribution in [2.75, 3.05) is 25.0 Å². The van der Waals surface area contributed by atoms with E-state index in [1.165, 1.54) is 9.80 Å². The monoisotopic (exact) mass is 287 g/mol. The van der Waals surface area contributed by atoms with Gasteiger partial charge in [-0.25, -0.2) is 0 Å². The molecule has 6 heteroatoms. The second-order valence-electron chi connectivity index (χ2n) is 5.36. The standard InChI is InChI=1S/C15H17N3O3/c1-17-11-7-3-2-6-10(11)12(14(17)20)16-13(19)15(21)18-8-4-5-9-18/h2-3,6-7,12H,4-5,8-9H2,1H3,(H,16,19)/t12-/m1/s1. The van der Waals surface area contributed by atoms with Crippen LogP contribution in [-0.4, -0.2) is 42.8 Å². The molecule has 1 atom stereocenters. The third-order valence-electron chi connectivity index (χ3n) is 4.05. The van der Waals surface area contributed by atoms with Gasteiger partial charge in [-0.3, -0.25) is 14.4 Å². The minimum absolute atomic E-state index is 0.223. The third kappa shape index (κ3) is 2.26. The van der Waals surface area contributed by atoms with E-state index in [2.05, 4.69) is 5.32 Å². The number of nitrogens with zero attached hydrogens (tertiary/aromatic N) is 2. The van der Waals surface area contributed by atoms with Gasteiger partial charge in [0.15, 0.2) is 0 Å². The van der Waals surface area contributed by atoms with Gasteiger partial charge in [-0.05, 0) is 18.9 Å². The molecule has 0 bridgehead atoms. The van der Waals surface area contributed by atoms with Crippen LogP contribution in [0.4, 0.5) is 5.69 Å². The van der Waals surface area contributed by atoms with Gasteiger partial charge in [-0.2, -0.15) is 0 Å². The highest BCUT2D eigenvalue weighted by molar-refractivity contribution is 6.35. The summed E-state index contributed by atoms with van der Waals surface area (Å²) in [6.45, 7) is 1.22. The molecule has 0 aliphatic carbocycles. The Balaban J connectivity index is 1.77. The van der Waals surface area contributed by atoms with E-state index in [0.29, 0.717) is 13.1 Å².